The second-order valence-electron chi connectivity index (χ2n) is 14.9. The van der Waals surface area contributed by atoms with Gasteiger partial charge in [0, 0.05) is 40.4 Å². The number of hydrogen-bond donors (Lipinski definition) is 0. The number of para-hydroxylation sites is 1. The first-order valence-corrected chi connectivity index (χ1v) is 17.3. The summed E-state index contributed by atoms with van der Waals surface area (Å²) in [6, 6.07) is 32.3. The molecule has 0 N–H and O–H groups in total. The maximum absolute atomic E-state index is 6.77. The van der Waals surface area contributed by atoms with E-state index in [2.05, 4.69) is 163 Å². The maximum Gasteiger partial charge on any atom is 0.137 e. The molecular formula is C44H46N4O. The van der Waals surface area contributed by atoms with Crippen LogP contribution in [0.1, 0.15) is 68.3 Å². The second-order valence-corrected chi connectivity index (χ2v) is 14.9. The Morgan fingerprint density at radius 3 is 2.18 bits per heavy atom. The lowest BCUT2D eigenvalue weighted by molar-refractivity contribution is 0.478. The molecule has 0 atom stereocenters. The van der Waals surface area contributed by atoms with Crippen molar-refractivity contribution >= 4 is 21.8 Å². The third kappa shape index (κ3) is 6.03. The summed E-state index contributed by atoms with van der Waals surface area (Å²) in [5, 5.41) is 7.46. The minimum atomic E-state index is -0.0945. The molecule has 0 unspecified atom stereocenters. The molecule has 0 aliphatic carbocycles. The van der Waals surface area contributed by atoms with Crippen LogP contribution in [-0.2, 0) is 11.8 Å². The normalized spacial score (nSPS) is 12.0. The summed E-state index contributed by atoms with van der Waals surface area (Å²) in [6.07, 6.45) is 2.94. The van der Waals surface area contributed by atoms with E-state index in [1.54, 1.807) is 0 Å². The number of fused-ring (bicyclic) bond motifs is 3. The summed E-state index contributed by atoms with van der Waals surface area (Å²) >= 11 is 0. The van der Waals surface area contributed by atoms with Crippen LogP contribution in [0.4, 0.5) is 0 Å². The molecule has 49 heavy (non-hydrogen) atoms. The minimum absolute atomic E-state index is 0.0945. The van der Waals surface area contributed by atoms with E-state index >= 15 is 0 Å². The standard InChI is InChI=1S/C44H46N4O/c1-27(2)21-32-19-20-45-41(22-32)47-39-16-11-10-15-37(39)38-18-17-35(26-40(38)47)49-36-24-33(44(7,8)9)23-34(25-36)48-31(6)43(30(5)46-48)42-28(3)13-12-14-29(42)4/h10-20,22-27H,21H2,1-9H3. The van der Waals surface area contributed by atoms with E-state index in [1.165, 1.54) is 44.2 Å². The monoisotopic (exact) mass is 646 g/mol. The van der Waals surface area contributed by atoms with Crippen LogP contribution in [0.25, 0.3) is 44.4 Å². The molecular weight excluding hydrogens is 601 g/mol. The maximum atomic E-state index is 6.77. The smallest absolute Gasteiger partial charge is 0.137 e. The molecule has 0 fully saturated rings. The zero-order valence-corrected chi connectivity index (χ0v) is 30.2. The quantitative estimate of drug-likeness (QED) is 0.173. The molecule has 3 heterocycles. The van der Waals surface area contributed by atoms with Gasteiger partial charge in [0.25, 0.3) is 0 Å². The molecule has 0 saturated heterocycles. The first-order valence-electron chi connectivity index (χ1n) is 17.3. The highest BCUT2D eigenvalue weighted by Gasteiger charge is 2.22. The van der Waals surface area contributed by atoms with Crippen molar-refractivity contribution in [2.45, 2.75) is 74.1 Å². The largest absolute Gasteiger partial charge is 0.457 e. The van der Waals surface area contributed by atoms with Crippen molar-refractivity contribution in [1.29, 1.82) is 0 Å². The van der Waals surface area contributed by atoms with Crippen molar-refractivity contribution in [1.82, 2.24) is 19.3 Å². The zero-order chi connectivity index (χ0) is 34.6. The predicted molar refractivity (Wildman–Crippen MR) is 204 cm³/mol. The highest BCUT2D eigenvalue weighted by atomic mass is 16.5. The highest BCUT2D eigenvalue weighted by Crippen LogP contribution is 2.38. The van der Waals surface area contributed by atoms with E-state index in [-0.39, 0.29) is 5.41 Å². The Labute approximate surface area is 290 Å². The number of aromatic nitrogens is 4. The van der Waals surface area contributed by atoms with Crippen molar-refractivity contribution in [3.05, 3.63) is 131 Å². The van der Waals surface area contributed by atoms with Gasteiger partial charge in [0.15, 0.2) is 0 Å². The molecule has 0 aliphatic rings. The SMILES string of the molecule is Cc1cccc(C)c1-c1c(C)nn(-c2cc(Oc3ccc4c5ccccc5n(-c5cc(CC(C)C)ccn5)c4c3)cc(C(C)(C)C)c2)c1C. The number of benzene rings is 4. The van der Waals surface area contributed by atoms with E-state index in [0.717, 1.165) is 51.8 Å². The van der Waals surface area contributed by atoms with Crippen LogP contribution in [0.3, 0.4) is 0 Å². The van der Waals surface area contributed by atoms with Crippen LogP contribution in [0, 0.1) is 33.6 Å². The zero-order valence-electron chi connectivity index (χ0n) is 30.2. The molecule has 5 heteroatoms. The Hall–Kier alpha value is -5.16. The predicted octanol–water partition coefficient (Wildman–Crippen LogP) is 11.6. The van der Waals surface area contributed by atoms with Crippen LogP contribution in [0.5, 0.6) is 11.5 Å². The Bertz CT molecular complexity index is 2330. The second kappa shape index (κ2) is 12.4. The Balaban J connectivity index is 1.35. The number of ether oxygens (including phenoxy) is 1. The van der Waals surface area contributed by atoms with E-state index in [0.29, 0.717) is 5.92 Å². The summed E-state index contributed by atoms with van der Waals surface area (Å²) in [5.41, 5.74) is 12.7. The van der Waals surface area contributed by atoms with Crippen LogP contribution in [0.15, 0.2) is 97.2 Å². The minimum Gasteiger partial charge on any atom is -0.457 e. The van der Waals surface area contributed by atoms with Gasteiger partial charge in [0.2, 0.25) is 0 Å². The van der Waals surface area contributed by atoms with E-state index in [4.69, 9.17) is 14.8 Å². The molecule has 7 aromatic rings. The van der Waals surface area contributed by atoms with Gasteiger partial charge in [-0.15, -0.1) is 0 Å². The lowest BCUT2D eigenvalue weighted by atomic mass is 9.86. The Morgan fingerprint density at radius 2 is 1.45 bits per heavy atom. The van der Waals surface area contributed by atoms with Gasteiger partial charge < -0.3 is 4.74 Å². The van der Waals surface area contributed by atoms with Crippen molar-refractivity contribution in [2.24, 2.45) is 5.92 Å². The van der Waals surface area contributed by atoms with E-state index < -0.39 is 0 Å². The summed E-state index contributed by atoms with van der Waals surface area (Å²) in [4.78, 5) is 4.85. The van der Waals surface area contributed by atoms with Gasteiger partial charge in [-0.1, -0.05) is 71.0 Å². The summed E-state index contributed by atoms with van der Waals surface area (Å²) < 4.78 is 11.1. The Morgan fingerprint density at radius 1 is 0.714 bits per heavy atom. The van der Waals surface area contributed by atoms with Crippen molar-refractivity contribution in [2.75, 3.05) is 0 Å². The van der Waals surface area contributed by atoms with Gasteiger partial charge in [-0.05, 0) is 116 Å². The number of nitrogens with zero attached hydrogens (tertiary/aromatic N) is 4. The first-order chi connectivity index (χ1) is 23.4. The molecule has 0 spiro atoms. The average Bonchev–Trinajstić information content (AvgIpc) is 3.53. The molecule has 0 radical (unpaired) electrons. The molecule has 0 amide bonds. The van der Waals surface area contributed by atoms with Crippen LogP contribution in [0.2, 0.25) is 0 Å². The van der Waals surface area contributed by atoms with E-state index in [1.807, 2.05) is 6.20 Å². The average molecular weight is 647 g/mol. The van der Waals surface area contributed by atoms with Crippen molar-refractivity contribution < 1.29 is 4.74 Å². The fourth-order valence-electron chi connectivity index (χ4n) is 7.24. The van der Waals surface area contributed by atoms with Crippen molar-refractivity contribution in [3.63, 3.8) is 0 Å². The fraction of sp³-hybridized carbons (Fsp3) is 0.273. The Kier molecular flexibility index (Phi) is 8.18. The van der Waals surface area contributed by atoms with Gasteiger partial charge >= 0.3 is 0 Å². The van der Waals surface area contributed by atoms with Gasteiger partial charge in [0.1, 0.15) is 17.3 Å². The summed E-state index contributed by atoms with van der Waals surface area (Å²) in [7, 11) is 0. The molecule has 0 bridgehead atoms. The van der Waals surface area contributed by atoms with Gasteiger partial charge in [0.05, 0.1) is 22.4 Å². The molecule has 5 nitrogen and oxygen atoms in total. The molecule has 3 aromatic heterocycles. The van der Waals surface area contributed by atoms with Gasteiger partial charge in [-0.2, -0.15) is 5.10 Å². The molecule has 0 saturated carbocycles. The van der Waals surface area contributed by atoms with Gasteiger partial charge in [-0.25, -0.2) is 9.67 Å². The third-order valence-corrected chi connectivity index (χ3v) is 9.59. The molecule has 7 rings (SSSR count). The molecule has 4 aromatic carbocycles. The van der Waals surface area contributed by atoms with Gasteiger partial charge in [-0.3, -0.25) is 4.57 Å². The lowest BCUT2D eigenvalue weighted by Crippen LogP contribution is -2.12. The topological polar surface area (TPSA) is 44.9 Å². The summed E-state index contributed by atoms with van der Waals surface area (Å²) in [6.45, 7) is 19.9. The highest BCUT2D eigenvalue weighted by molar-refractivity contribution is 6.09. The van der Waals surface area contributed by atoms with Crippen LogP contribution < -0.4 is 4.74 Å². The number of pyridine rings is 1. The van der Waals surface area contributed by atoms with Crippen LogP contribution in [-0.4, -0.2) is 19.3 Å². The van der Waals surface area contributed by atoms with Crippen LogP contribution >= 0.6 is 0 Å². The first kappa shape index (κ1) is 32.4. The molecule has 248 valence electrons. The molecule has 0 aliphatic heterocycles. The summed E-state index contributed by atoms with van der Waals surface area (Å²) in [5.74, 6) is 3.04. The van der Waals surface area contributed by atoms with E-state index in [9.17, 15) is 0 Å². The fourth-order valence-corrected chi connectivity index (χ4v) is 7.24. The third-order valence-electron chi connectivity index (χ3n) is 9.59. The number of hydrogen-bond acceptors (Lipinski definition) is 3. The number of aryl methyl sites for hydroxylation is 3. The lowest BCUT2D eigenvalue weighted by Gasteiger charge is -2.22. The number of rotatable bonds is 7. The van der Waals surface area contributed by atoms with Crippen molar-refractivity contribution in [3.8, 4) is 34.1 Å².